The van der Waals surface area contributed by atoms with Crippen molar-refractivity contribution in [3.8, 4) is 5.82 Å². The molecular formula is C22H30FN7O. The summed E-state index contributed by atoms with van der Waals surface area (Å²) in [6.07, 6.45) is 2.20. The monoisotopic (exact) mass is 427 g/mol. The normalized spacial score (nSPS) is 27.2. The quantitative estimate of drug-likeness (QED) is 0.785. The summed E-state index contributed by atoms with van der Waals surface area (Å²) < 4.78 is 15.4. The molecule has 3 saturated heterocycles. The number of aromatic nitrogens is 3. The number of halogens is 1. The minimum Gasteiger partial charge on any atom is -0.354 e. The number of nitrogens with one attached hydrogen (secondary N) is 1. The maximum atomic E-state index is 13.5. The third-order valence-corrected chi connectivity index (χ3v) is 6.68. The van der Waals surface area contributed by atoms with Gasteiger partial charge in [0.05, 0.1) is 18.3 Å². The molecule has 3 fully saturated rings. The molecule has 31 heavy (non-hydrogen) atoms. The molecule has 9 heteroatoms. The van der Waals surface area contributed by atoms with E-state index in [1.54, 1.807) is 11.1 Å². The van der Waals surface area contributed by atoms with Gasteiger partial charge < -0.3 is 15.1 Å². The summed E-state index contributed by atoms with van der Waals surface area (Å²) in [5.74, 6) is 1.96. The van der Waals surface area contributed by atoms with Crippen LogP contribution in [0.1, 0.15) is 18.5 Å². The highest BCUT2D eigenvalue weighted by molar-refractivity contribution is 5.82. The zero-order valence-corrected chi connectivity index (χ0v) is 18.0. The maximum absolute atomic E-state index is 13.5. The molecular weight excluding hydrogens is 397 g/mol. The van der Waals surface area contributed by atoms with Gasteiger partial charge in [-0.2, -0.15) is 9.78 Å². The van der Waals surface area contributed by atoms with E-state index in [4.69, 9.17) is 0 Å². The van der Waals surface area contributed by atoms with Crippen LogP contribution in [0.3, 0.4) is 0 Å². The molecule has 3 atom stereocenters. The number of likely N-dealkylation sites (tertiary alicyclic amines) is 1. The second kappa shape index (κ2) is 8.55. The lowest BCUT2D eigenvalue weighted by Gasteiger charge is -2.38. The maximum Gasteiger partial charge on any atom is 0.239 e. The lowest BCUT2D eigenvalue weighted by Crippen LogP contribution is -2.51. The van der Waals surface area contributed by atoms with E-state index in [2.05, 4.69) is 31.3 Å². The highest BCUT2D eigenvalue weighted by Gasteiger charge is 2.38. The third kappa shape index (κ3) is 4.16. The zero-order valence-electron chi connectivity index (χ0n) is 18.0. The van der Waals surface area contributed by atoms with Crippen molar-refractivity contribution in [3.05, 3.63) is 36.2 Å². The fraction of sp³-hybridized carbons (Fsp3) is 0.591. The van der Waals surface area contributed by atoms with Crippen molar-refractivity contribution >= 4 is 11.7 Å². The SMILES string of the molecule is Cc1cc(N2CCN([C@@H]3CN[C@H](C(=O)N4CCC(F)C4)C3)CC2)n(-c2ccccn2)n1. The Hall–Kier alpha value is -2.52. The molecule has 1 unspecified atom stereocenters. The van der Waals surface area contributed by atoms with Gasteiger partial charge in [-0.1, -0.05) is 6.07 Å². The number of hydrogen-bond acceptors (Lipinski definition) is 6. The van der Waals surface area contributed by atoms with Crippen LogP contribution in [0.25, 0.3) is 5.82 Å². The minimum atomic E-state index is -0.864. The number of pyridine rings is 1. The Morgan fingerprint density at radius 1 is 1.19 bits per heavy atom. The van der Waals surface area contributed by atoms with Crippen LogP contribution in [-0.2, 0) is 4.79 Å². The van der Waals surface area contributed by atoms with Crippen LogP contribution >= 0.6 is 0 Å². The van der Waals surface area contributed by atoms with E-state index in [1.165, 1.54) is 0 Å². The average Bonchev–Trinajstić information content (AvgIpc) is 3.54. The van der Waals surface area contributed by atoms with Crippen molar-refractivity contribution in [2.45, 2.75) is 38.0 Å². The van der Waals surface area contributed by atoms with Crippen LogP contribution in [-0.4, -0.2) is 94.5 Å². The number of alkyl halides is 1. The van der Waals surface area contributed by atoms with Gasteiger partial charge in [-0.25, -0.2) is 9.37 Å². The molecule has 166 valence electrons. The van der Waals surface area contributed by atoms with E-state index in [0.29, 0.717) is 19.0 Å². The molecule has 0 spiro atoms. The largest absolute Gasteiger partial charge is 0.354 e. The van der Waals surface area contributed by atoms with E-state index < -0.39 is 6.17 Å². The summed E-state index contributed by atoms with van der Waals surface area (Å²) in [6, 6.07) is 8.14. The predicted octanol–water partition coefficient (Wildman–Crippen LogP) is 0.999. The summed E-state index contributed by atoms with van der Waals surface area (Å²) in [5, 5.41) is 8.03. The molecule has 1 amide bonds. The van der Waals surface area contributed by atoms with Gasteiger partial charge in [0, 0.05) is 57.6 Å². The molecule has 5 heterocycles. The van der Waals surface area contributed by atoms with E-state index >= 15 is 0 Å². The van der Waals surface area contributed by atoms with Crippen LogP contribution in [0.5, 0.6) is 0 Å². The van der Waals surface area contributed by atoms with Gasteiger partial charge in [-0.3, -0.25) is 9.69 Å². The number of rotatable bonds is 4. The van der Waals surface area contributed by atoms with Crippen molar-refractivity contribution in [3.63, 3.8) is 0 Å². The first-order valence-corrected chi connectivity index (χ1v) is 11.2. The lowest BCUT2D eigenvalue weighted by atomic mass is 10.1. The van der Waals surface area contributed by atoms with Gasteiger partial charge in [0.1, 0.15) is 12.0 Å². The third-order valence-electron chi connectivity index (χ3n) is 6.68. The first-order chi connectivity index (χ1) is 15.1. The average molecular weight is 428 g/mol. The van der Waals surface area contributed by atoms with E-state index in [-0.39, 0.29) is 18.5 Å². The number of carbonyl (C=O) groups excluding carboxylic acids is 1. The van der Waals surface area contributed by atoms with Crippen molar-refractivity contribution in [2.24, 2.45) is 0 Å². The standard InChI is InChI=1S/C22H30FN7O/c1-16-12-21(30(26-16)20-4-2-3-6-24-20)28-10-8-27(9-11-28)18-13-19(25-14-18)22(31)29-7-5-17(23)15-29/h2-4,6,12,17-19,25H,5,7-11,13-15H2,1H3/t17?,18-,19-/m0/s1. The minimum absolute atomic E-state index is 0.0658. The van der Waals surface area contributed by atoms with Crippen LogP contribution in [0, 0.1) is 6.92 Å². The molecule has 0 radical (unpaired) electrons. The molecule has 2 aromatic rings. The molecule has 1 N–H and O–H groups in total. The number of anilines is 1. The summed E-state index contributed by atoms with van der Waals surface area (Å²) in [6.45, 7) is 7.31. The second-order valence-electron chi connectivity index (χ2n) is 8.79. The van der Waals surface area contributed by atoms with Gasteiger partial charge in [-0.15, -0.1) is 0 Å². The highest BCUT2D eigenvalue weighted by atomic mass is 19.1. The highest BCUT2D eigenvalue weighted by Crippen LogP contribution is 2.24. The van der Waals surface area contributed by atoms with E-state index in [0.717, 1.165) is 56.5 Å². The first kappa shape index (κ1) is 20.4. The van der Waals surface area contributed by atoms with Gasteiger partial charge in [0.25, 0.3) is 0 Å². The summed E-state index contributed by atoms with van der Waals surface area (Å²) >= 11 is 0. The molecule has 0 aromatic carbocycles. The topological polar surface area (TPSA) is 69.5 Å². The molecule has 0 saturated carbocycles. The molecule has 8 nitrogen and oxygen atoms in total. The lowest BCUT2D eigenvalue weighted by molar-refractivity contribution is -0.132. The molecule has 3 aliphatic heterocycles. The Morgan fingerprint density at radius 3 is 2.74 bits per heavy atom. The number of aryl methyl sites for hydroxylation is 1. The Bertz CT molecular complexity index is 912. The number of nitrogens with zero attached hydrogens (tertiary/aromatic N) is 6. The first-order valence-electron chi connectivity index (χ1n) is 11.2. The van der Waals surface area contributed by atoms with Crippen molar-refractivity contribution in [1.29, 1.82) is 0 Å². The van der Waals surface area contributed by atoms with Crippen molar-refractivity contribution in [2.75, 3.05) is 50.7 Å². The zero-order chi connectivity index (χ0) is 21.4. The summed E-state index contributed by atoms with van der Waals surface area (Å²) in [4.78, 5) is 23.7. The van der Waals surface area contributed by atoms with Crippen LogP contribution < -0.4 is 10.2 Å². The fourth-order valence-electron chi connectivity index (χ4n) is 5.00. The summed E-state index contributed by atoms with van der Waals surface area (Å²) in [5.41, 5.74) is 0.974. The van der Waals surface area contributed by atoms with Gasteiger partial charge >= 0.3 is 0 Å². The van der Waals surface area contributed by atoms with Gasteiger partial charge in [-0.05, 0) is 31.9 Å². The van der Waals surface area contributed by atoms with Crippen molar-refractivity contribution in [1.82, 2.24) is 29.9 Å². The van der Waals surface area contributed by atoms with Gasteiger partial charge in [0.15, 0.2) is 5.82 Å². The van der Waals surface area contributed by atoms with E-state index in [1.807, 2.05) is 29.8 Å². The Balaban J connectivity index is 1.19. The Kier molecular flexibility index (Phi) is 5.62. The van der Waals surface area contributed by atoms with Gasteiger partial charge in [0.2, 0.25) is 5.91 Å². The number of amides is 1. The van der Waals surface area contributed by atoms with Crippen LogP contribution in [0.15, 0.2) is 30.5 Å². The van der Waals surface area contributed by atoms with Crippen LogP contribution in [0.2, 0.25) is 0 Å². The number of piperazine rings is 1. The van der Waals surface area contributed by atoms with E-state index in [9.17, 15) is 9.18 Å². The molecule has 0 bridgehead atoms. The number of hydrogen-bond donors (Lipinski definition) is 1. The molecule has 5 rings (SSSR count). The predicted molar refractivity (Wildman–Crippen MR) is 116 cm³/mol. The fourth-order valence-corrected chi connectivity index (χ4v) is 5.00. The van der Waals surface area contributed by atoms with Crippen LogP contribution in [0.4, 0.5) is 10.2 Å². The molecule has 3 aliphatic rings. The smallest absolute Gasteiger partial charge is 0.239 e. The Labute approximate surface area is 182 Å². The molecule has 0 aliphatic carbocycles. The summed E-state index contributed by atoms with van der Waals surface area (Å²) in [7, 11) is 0. The van der Waals surface area contributed by atoms with Crippen molar-refractivity contribution < 1.29 is 9.18 Å². The number of carbonyl (C=O) groups is 1. The molecule has 2 aromatic heterocycles. The Morgan fingerprint density at radius 2 is 2.03 bits per heavy atom. The second-order valence-corrected chi connectivity index (χ2v) is 8.79.